The molecule has 0 aromatic heterocycles. The van der Waals surface area contributed by atoms with Crippen LogP contribution in [0.5, 0.6) is 0 Å². The monoisotopic (exact) mass is 286 g/mol. The highest BCUT2D eigenvalue weighted by atomic mass is 32.2. The van der Waals surface area contributed by atoms with E-state index in [1.54, 1.807) is 6.07 Å². The summed E-state index contributed by atoms with van der Waals surface area (Å²) in [6.45, 7) is 0. The summed E-state index contributed by atoms with van der Waals surface area (Å²) >= 11 is 0. The smallest absolute Gasteiger partial charge is 0.319 e. The molecule has 1 fully saturated rings. The van der Waals surface area contributed by atoms with Crippen molar-refractivity contribution in [3.8, 4) is 0 Å². The maximum Gasteiger partial charge on any atom is 0.319 e. The summed E-state index contributed by atoms with van der Waals surface area (Å²) in [4.78, 5) is 11.7. The number of benzene rings is 1. The van der Waals surface area contributed by atoms with Crippen molar-refractivity contribution in [2.45, 2.75) is 18.9 Å². The molecule has 1 aliphatic rings. The number of nitrogens with one attached hydrogen (secondary N) is 2. The van der Waals surface area contributed by atoms with Gasteiger partial charge in [0.1, 0.15) is 5.82 Å². The van der Waals surface area contributed by atoms with Gasteiger partial charge in [0.05, 0.1) is 17.2 Å². The predicted octanol–water partition coefficient (Wildman–Crippen LogP) is 1.52. The molecule has 5 nitrogen and oxygen atoms in total. The first-order valence-electron chi connectivity index (χ1n) is 5.99. The summed E-state index contributed by atoms with van der Waals surface area (Å²) in [5.41, 5.74) is 0.0682. The van der Waals surface area contributed by atoms with Gasteiger partial charge in [0.25, 0.3) is 0 Å². The molecule has 19 heavy (non-hydrogen) atoms. The largest absolute Gasteiger partial charge is 0.334 e. The van der Waals surface area contributed by atoms with Crippen LogP contribution in [0.3, 0.4) is 0 Å². The molecule has 0 aliphatic carbocycles. The molecule has 2 rings (SSSR count). The molecule has 2 amide bonds. The molecule has 1 atom stereocenters. The summed E-state index contributed by atoms with van der Waals surface area (Å²) in [6.07, 6.45) is 1.15. The van der Waals surface area contributed by atoms with Crippen molar-refractivity contribution in [1.82, 2.24) is 5.32 Å². The number of amides is 2. The van der Waals surface area contributed by atoms with Crippen LogP contribution in [0.2, 0.25) is 0 Å². The summed E-state index contributed by atoms with van der Waals surface area (Å²) in [5.74, 6) is -0.424. The molecule has 2 N–H and O–H groups in total. The van der Waals surface area contributed by atoms with E-state index in [2.05, 4.69) is 10.6 Å². The van der Waals surface area contributed by atoms with Crippen LogP contribution in [0, 0.1) is 5.82 Å². The maximum absolute atomic E-state index is 13.3. The third-order valence-corrected chi connectivity index (χ3v) is 4.74. The van der Waals surface area contributed by atoms with Gasteiger partial charge in [0.2, 0.25) is 0 Å². The van der Waals surface area contributed by atoms with E-state index in [1.807, 2.05) is 0 Å². The Morgan fingerprint density at radius 2 is 2.05 bits per heavy atom. The van der Waals surface area contributed by atoms with Crippen LogP contribution in [-0.4, -0.2) is 32.0 Å². The molecule has 104 valence electrons. The van der Waals surface area contributed by atoms with Crippen molar-refractivity contribution in [1.29, 1.82) is 0 Å². The van der Waals surface area contributed by atoms with Crippen molar-refractivity contribution in [3.05, 3.63) is 30.1 Å². The lowest BCUT2D eigenvalue weighted by atomic mass is 10.2. The maximum atomic E-state index is 13.3. The second kappa shape index (κ2) is 5.56. The minimum Gasteiger partial charge on any atom is -0.334 e. The zero-order chi connectivity index (χ0) is 13.9. The van der Waals surface area contributed by atoms with Crippen molar-refractivity contribution in [3.63, 3.8) is 0 Å². The van der Waals surface area contributed by atoms with Gasteiger partial charge in [-0.2, -0.15) is 0 Å². The molecule has 0 spiro atoms. The highest BCUT2D eigenvalue weighted by molar-refractivity contribution is 7.91. The van der Waals surface area contributed by atoms with Crippen LogP contribution in [-0.2, 0) is 9.84 Å². The first kappa shape index (κ1) is 13.8. The third-order valence-electron chi connectivity index (χ3n) is 2.92. The van der Waals surface area contributed by atoms with Crippen molar-refractivity contribution < 1.29 is 17.6 Å². The zero-order valence-corrected chi connectivity index (χ0v) is 11.0. The Labute approximate surface area is 111 Å². The van der Waals surface area contributed by atoms with E-state index in [0.29, 0.717) is 12.8 Å². The van der Waals surface area contributed by atoms with E-state index >= 15 is 0 Å². The average Bonchev–Trinajstić information content (AvgIpc) is 2.30. The highest BCUT2D eigenvalue weighted by Gasteiger charge is 2.25. The van der Waals surface area contributed by atoms with E-state index in [4.69, 9.17) is 0 Å². The Hall–Kier alpha value is -1.63. The SMILES string of the molecule is O=C(Nc1ccccc1F)N[C@H]1CCCS(=O)(=O)C1. The molecule has 0 unspecified atom stereocenters. The summed E-state index contributed by atoms with van der Waals surface area (Å²) < 4.78 is 36.2. The second-order valence-electron chi connectivity index (χ2n) is 4.53. The molecule has 1 aliphatic heterocycles. The number of rotatable bonds is 2. The molecule has 7 heteroatoms. The first-order chi connectivity index (χ1) is 8.96. The number of anilines is 1. The predicted molar refractivity (Wildman–Crippen MR) is 70.2 cm³/mol. The molecule has 0 bridgehead atoms. The van der Waals surface area contributed by atoms with Crippen LogP contribution < -0.4 is 10.6 Å². The normalized spacial score (nSPS) is 21.6. The Morgan fingerprint density at radius 1 is 1.32 bits per heavy atom. The molecular formula is C12H15FN2O3S. The number of halogens is 1. The minimum atomic E-state index is -3.08. The summed E-state index contributed by atoms with van der Waals surface area (Å²) in [5, 5.41) is 4.92. The van der Waals surface area contributed by atoms with Crippen molar-refractivity contribution in [2.24, 2.45) is 0 Å². The van der Waals surface area contributed by atoms with Gasteiger partial charge in [-0.1, -0.05) is 12.1 Å². The van der Waals surface area contributed by atoms with Gasteiger partial charge in [-0.15, -0.1) is 0 Å². The lowest BCUT2D eigenvalue weighted by molar-refractivity contribution is 0.248. The Balaban J connectivity index is 1.93. The van der Waals surface area contributed by atoms with Crippen LogP contribution >= 0.6 is 0 Å². The number of urea groups is 1. The lowest BCUT2D eigenvalue weighted by Crippen LogP contribution is -2.45. The zero-order valence-electron chi connectivity index (χ0n) is 10.2. The van der Waals surface area contributed by atoms with E-state index in [0.717, 1.165) is 0 Å². The summed E-state index contributed by atoms with van der Waals surface area (Å²) in [6, 6.07) is 4.79. The Bertz CT molecular complexity index is 574. The van der Waals surface area contributed by atoms with E-state index in [-0.39, 0.29) is 17.2 Å². The van der Waals surface area contributed by atoms with Crippen molar-refractivity contribution >= 4 is 21.6 Å². The fourth-order valence-corrected chi connectivity index (χ4v) is 3.68. The van der Waals surface area contributed by atoms with E-state index < -0.39 is 27.7 Å². The fourth-order valence-electron chi connectivity index (χ4n) is 2.04. The minimum absolute atomic E-state index is 0.0578. The first-order valence-corrected chi connectivity index (χ1v) is 7.81. The van der Waals surface area contributed by atoms with Crippen LogP contribution in [0.1, 0.15) is 12.8 Å². The number of carbonyl (C=O) groups is 1. The van der Waals surface area contributed by atoms with E-state index in [1.165, 1.54) is 18.2 Å². The van der Waals surface area contributed by atoms with Gasteiger partial charge in [-0.25, -0.2) is 17.6 Å². The van der Waals surface area contributed by atoms with Crippen LogP contribution in [0.15, 0.2) is 24.3 Å². The summed E-state index contributed by atoms with van der Waals surface area (Å²) in [7, 11) is -3.08. The molecule has 1 saturated heterocycles. The topological polar surface area (TPSA) is 75.3 Å². The molecule has 1 aromatic rings. The molecule has 0 radical (unpaired) electrons. The van der Waals surface area contributed by atoms with Gasteiger partial charge in [0.15, 0.2) is 9.84 Å². The number of sulfone groups is 1. The van der Waals surface area contributed by atoms with Crippen LogP contribution in [0.25, 0.3) is 0 Å². The number of hydrogen-bond donors (Lipinski definition) is 2. The average molecular weight is 286 g/mol. The van der Waals surface area contributed by atoms with Gasteiger partial charge in [-0.3, -0.25) is 0 Å². The highest BCUT2D eigenvalue weighted by Crippen LogP contribution is 2.14. The van der Waals surface area contributed by atoms with Crippen molar-refractivity contribution in [2.75, 3.05) is 16.8 Å². The molecule has 0 saturated carbocycles. The molecule has 1 aromatic carbocycles. The number of hydrogen-bond acceptors (Lipinski definition) is 3. The quantitative estimate of drug-likeness (QED) is 0.865. The molecular weight excluding hydrogens is 271 g/mol. The molecule has 1 heterocycles. The lowest BCUT2D eigenvalue weighted by Gasteiger charge is -2.23. The Kier molecular flexibility index (Phi) is 4.04. The standard InChI is InChI=1S/C12H15FN2O3S/c13-10-5-1-2-6-11(10)15-12(16)14-9-4-3-7-19(17,18)8-9/h1-2,5-6,9H,3-4,7-8H2,(H2,14,15,16)/t9-/m0/s1. The van der Waals surface area contributed by atoms with E-state index in [9.17, 15) is 17.6 Å². The second-order valence-corrected chi connectivity index (χ2v) is 6.76. The number of para-hydroxylation sites is 1. The van der Waals surface area contributed by atoms with Gasteiger partial charge in [0, 0.05) is 6.04 Å². The van der Waals surface area contributed by atoms with Gasteiger partial charge in [-0.05, 0) is 25.0 Å². The third kappa shape index (κ3) is 3.92. The van der Waals surface area contributed by atoms with Gasteiger partial charge >= 0.3 is 6.03 Å². The number of carbonyl (C=O) groups excluding carboxylic acids is 1. The Morgan fingerprint density at radius 3 is 2.74 bits per heavy atom. The van der Waals surface area contributed by atoms with Gasteiger partial charge < -0.3 is 10.6 Å². The van der Waals surface area contributed by atoms with Crippen LogP contribution in [0.4, 0.5) is 14.9 Å². The fraction of sp³-hybridized carbons (Fsp3) is 0.417.